The van der Waals surface area contributed by atoms with Crippen LogP contribution in [0.15, 0.2) is 34.9 Å². The van der Waals surface area contributed by atoms with Crippen molar-refractivity contribution in [1.29, 1.82) is 0 Å². The number of aliphatic hydroxyl groups excluding tert-OH is 1. The van der Waals surface area contributed by atoms with E-state index in [1.165, 1.54) is 0 Å². The van der Waals surface area contributed by atoms with Gasteiger partial charge in [0.2, 0.25) is 5.91 Å². The Bertz CT molecular complexity index is 629. The molecule has 1 aliphatic rings. The van der Waals surface area contributed by atoms with Crippen molar-refractivity contribution < 1.29 is 9.90 Å². The summed E-state index contributed by atoms with van der Waals surface area (Å²) >= 11 is 3.45. The first-order valence-corrected chi connectivity index (χ1v) is 6.48. The number of benzene rings is 1. The zero-order valence-corrected chi connectivity index (χ0v) is 11.1. The van der Waals surface area contributed by atoms with E-state index in [2.05, 4.69) is 20.9 Å². The Morgan fingerprint density at radius 2 is 2.06 bits per heavy atom. The summed E-state index contributed by atoms with van der Waals surface area (Å²) in [6, 6.07) is 7.76. The molecule has 92 valence electrons. The maximum Gasteiger partial charge on any atom is 0.230 e. The van der Waals surface area contributed by atoms with Gasteiger partial charge in [-0.3, -0.25) is 9.69 Å². The molecule has 2 heterocycles. The lowest BCUT2D eigenvalue weighted by Gasteiger charge is -2.17. The van der Waals surface area contributed by atoms with Crippen LogP contribution in [0, 0.1) is 0 Å². The largest absolute Gasteiger partial charge is 0.391 e. The van der Waals surface area contributed by atoms with Crippen LogP contribution in [0.4, 0.5) is 5.82 Å². The van der Waals surface area contributed by atoms with Crippen LogP contribution in [-0.4, -0.2) is 28.6 Å². The summed E-state index contributed by atoms with van der Waals surface area (Å²) in [6.45, 7) is 0.317. The molecule has 0 spiro atoms. The number of β-amino-alcohol motifs (C(OH)–C–C–N with tert-alkyl or cyclic N) is 1. The molecule has 0 saturated carbocycles. The topological polar surface area (TPSA) is 53.4 Å². The number of hydrogen-bond acceptors (Lipinski definition) is 3. The quantitative estimate of drug-likeness (QED) is 0.878. The van der Waals surface area contributed by atoms with Gasteiger partial charge in [0.15, 0.2) is 0 Å². The van der Waals surface area contributed by atoms with Crippen LogP contribution in [0.5, 0.6) is 0 Å². The summed E-state index contributed by atoms with van der Waals surface area (Å²) in [5.41, 5.74) is 0. The Morgan fingerprint density at radius 3 is 2.72 bits per heavy atom. The number of hydrogen-bond donors (Lipinski definition) is 1. The second kappa shape index (κ2) is 4.33. The van der Waals surface area contributed by atoms with Gasteiger partial charge in [-0.15, -0.1) is 0 Å². The molecule has 1 N–H and O–H groups in total. The zero-order chi connectivity index (χ0) is 12.7. The summed E-state index contributed by atoms with van der Waals surface area (Å²) in [4.78, 5) is 17.7. The molecule has 3 rings (SSSR count). The molecule has 1 aromatic carbocycles. The number of carbonyl (C=O) groups excluding carboxylic acids is 1. The van der Waals surface area contributed by atoms with Crippen molar-refractivity contribution in [2.24, 2.45) is 0 Å². The summed E-state index contributed by atoms with van der Waals surface area (Å²) in [7, 11) is 0. The number of halogens is 1. The van der Waals surface area contributed by atoms with E-state index in [4.69, 9.17) is 0 Å². The fourth-order valence-electron chi connectivity index (χ4n) is 2.25. The summed E-state index contributed by atoms with van der Waals surface area (Å²) in [6.07, 6.45) is 1.27. The van der Waals surface area contributed by atoms with Gasteiger partial charge in [-0.05, 0) is 15.9 Å². The van der Waals surface area contributed by atoms with Crippen LogP contribution in [0.2, 0.25) is 0 Å². The average Bonchev–Trinajstić information content (AvgIpc) is 2.69. The van der Waals surface area contributed by atoms with Crippen molar-refractivity contribution in [2.45, 2.75) is 12.5 Å². The molecule has 1 aliphatic heterocycles. The van der Waals surface area contributed by atoms with E-state index in [1.54, 1.807) is 11.1 Å². The minimum Gasteiger partial charge on any atom is -0.391 e. The smallest absolute Gasteiger partial charge is 0.230 e. The van der Waals surface area contributed by atoms with Gasteiger partial charge in [0.05, 0.1) is 19.1 Å². The first-order valence-electron chi connectivity index (χ1n) is 5.68. The molecule has 0 radical (unpaired) electrons. The molecule has 0 aliphatic carbocycles. The van der Waals surface area contributed by atoms with Gasteiger partial charge in [0, 0.05) is 21.4 Å². The molecule has 1 amide bonds. The molecule has 18 heavy (non-hydrogen) atoms. The van der Waals surface area contributed by atoms with E-state index < -0.39 is 6.10 Å². The van der Waals surface area contributed by atoms with Gasteiger partial charge in [-0.25, -0.2) is 4.98 Å². The van der Waals surface area contributed by atoms with E-state index in [-0.39, 0.29) is 12.3 Å². The molecule has 4 nitrogen and oxygen atoms in total. The number of nitrogens with zero attached hydrogens (tertiary/aromatic N) is 2. The number of fused-ring (bicyclic) bond motifs is 1. The van der Waals surface area contributed by atoms with Crippen molar-refractivity contribution in [2.75, 3.05) is 11.4 Å². The molecule has 1 aromatic heterocycles. The third kappa shape index (κ3) is 1.79. The van der Waals surface area contributed by atoms with Gasteiger partial charge in [-0.2, -0.15) is 0 Å². The molecule has 1 unspecified atom stereocenters. The maximum atomic E-state index is 11.8. The van der Waals surface area contributed by atoms with Crippen LogP contribution in [0.25, 0.3) is 10.8 Å². The fraction of sp³-hybridized carbons (Fsp3) is 0.231. The maximum absolute atomic E-state index is 11.8. The normalized spacial score (nSPS) is 19.8. The first kappa shape index (κ1) is 11.6. The standard InChI is InChI=1S/C13H11BrN2O2/c14-11-6-15-13(10-4-2-1-3-9(10)11)16-7-8(17)5-12(16)18/h1-4,6,8,17H,5,7H2. The van der Waals surface area contributed by atoms with Gasteiger partial charge in [0.25, 0.3) is 0 Å². The number of rotatable bonds is 1. The monoisotopic (exact) mass is 306 g/mol. The van der Waals surface area contributed by atoms with E-state index >= 15 is 0 Å². The number of pyridine rings is 1. The Kier molecular flexibility index (Phi) is 2.80. The van der Waals surface area contributed by atoms with Crippen molar-refractivity contribution in [3.05, 3.63) is 34.9 Å². The summed E-state index contributed by atoms with van der Waals surface area (Å²) in [5.74, 6) is 0.540. The lowest BCUT2D eigenvalue weighted by Crippen LogP contribution is -2.26. The minimum absolute atomic E-state index is 0.0810. The highest BCUT2D eigenvalue weighted by Crippen LogP contribution is 2.31. The van der Waals surface area contributed by atoms with Crippen LogP contribution >= 0.6 is 15.9 Å². The Morgan fingerprint density at radius 1 is 1.33 bits per heavy atom. The third-order valence-corrected chi connectivity index (χ3v) is 3.72. The van der Waals surface area contributed by atoms with E-state index in [9.17, 15) is 9.90 Å². The van der Waals surface area contributed by atoms with Gasteiger partial charge >= 0.3 is 0 Å². The second-order valence-corrected chi connectivity index (χ2v) is 5.19. The van der Waals surface area contributed by atoms with E-state index in [0.717, 1.165) is 15.2 Å². The molecule has 2 aromatic rings. The van der Waals surface area contributed by atoms with Gasteiger partial charge in [0.1, 0.15) is 5.82 Å². The average molecular weight is 307 g/mol. The Balaban J connectivity index is 2.18. The van der Waals surface area contributed by atoms with E-state index in [1.807, 2.05) is 24.3 Å². The Labute approximate surface area is 112 Å². The van der Waals surface area contributed by atoms with Crippen molar-refractivity contribution in [3.63, 3.8) is 0 Å². The zero-order valence-electron chi connectivity index (χ0n) is 9.51. The first-order chi connectivity index (χ1) is 8.66. The third-order valence-electron chi connectivity index (χ3n) is 3.09. The SMILES string of the molecule is O=C1CC(O)CN1c1ncc(Br)c2ccccc12. The summed E-state index contributed by atoms with van der Waals surface area (Å²) in [5, 5.41) is 11.5. The van der Waals surface area contributed by atoms with Crippen LogP contribution < -0.4 is 4.90 Å². The van der Waals surface area contributed by atoms with E-state index in [0.29, 0.717) is 12.4 Å². The van der Waals surface area contributed by atoms with Crippen molar-refractivity contribution in [3.8, 4) is 0 Å². The summed E-state index contributed by atoms with van der Waals surface area (Å²) < 4.78 is 0.897. The lowest BCUT2D eigenvalue weighted by atomic mass is 10.1. The molecular weight excluding hydrogens is 296 g/mol. The van der Waals surface area contributed by atoms with Crippen molar-refractivity contribution >= 4 is 38.4 Å². The van der Waals surface area contributed by atoms with Crippen LogP contribution in [-0.2, 0) is 4.79 Å². The molecule has 0 bridgehead atoms. The molecule has 1 fully saturated rings. The second-order valence-electron chi connectivity index (χ2n) is 4.34. The highest BCUT2D eigenvalue weighted by molar-refractivity contribution is 9.10. The van der Waals surface area contributed by atoms with Gasteiger partial charge < -0.3 is 5.11 Å². The lowest BCUT2D eigenvalue weighted by molar-refractivity contribution is -0.117. The molecule has 1 saturated heterocycles. The highest BCUT2D eigenvalue weighted by atomic mass is 79.9. The molecular formula is C13H11BrN2O2. The number of carbonyl (C=O) groups is 1. The minimum atomic E-state index is -0.596. The predicted octanol–water partition coefficient (Wildman–Crippen LogP) is 2.09. The fourth-order valence-corrected chi connectivity index (χ4v) is 2.70. The predicted molar refractivity (Wildman–Crippen MR) is 72.4 cm³/mol. The number of amides is 1. The number of aliphatic hydroxyl groups is 1. The van der Waals surface area contributed by atoms with Crippen LogP contribution in [0.3, 0.4) is 0 Å². The number of aromatic nitrogens is 1. The van der Waals surface area contributed by atoms with Crippen LogP contribution in [0.1, 0.15) is 6.42 Å². The highest BCUT2D eigenvalue weighted by Gasteiger charge is 2.30. The van der Waals surface area contributed by atoms with Crippen molar-refractivity contribution in [1.82, 2.24) is 4.98 Å². The van der Waals surface area contributed by atoms with Gasteiger partial charge in [-0.1, -0.05) is 24.3 Å². The Hall–Kier alpha value is -1.46. The number of anilines is 1. The molecule has 5 heteroatoms. The molecule has 1 atom stereocenters.